The summed E-state index contributed by atoms with van der Waals surface area (Å²) in [6.45, 7) is 9.21. The molecule has 1 saturated heterocycles. The van der Waals surface area contributed by atoms with Crippen LogP contribution in [0.25, 0.3) is 0 Å². The highest BCUT2D eigenvalue weighted by molar-refractivity contribution is 5.82. The molecule has 1 fully saturated rings. The van der Waals surface area contributed by atoms with E-state index in [0.29, 0.717) is 13.1 Å². The molecule has 0 saturated carbocycles. The summed E-state index contributed by atoms with van der Waals surface area (Å²) in [5.41, 5.74) is 6.00. The largest absolute Gasteiger partial charge is 0.353 e. The van der Waals surface area contributed by atoms with E-state index in [4.69, 9.17) is 5.73 Å². The van der Waals surface area contributed by atoms with Crippen molar-refractivity contribution >= 4 is 11.8 Å². The maximum Gasteiger partial charge on any atom is 0.239 e. The summed E-state index contributed by atoms with van der Waals surface area (Å²) in [4.78, 5) is 25.7. The first kappa shape index (κ1) is 17.0. The van der Waals surface area contributed by atoms with Gasteiger partial charge in [0.2, 0.25) is 11.8 Å². The van der Waals surface area contributed by atoms with E-state index in [-0.39, 0.29) is 29.7 Å². The summed E-state index contributed by atoms with van der Waals surface area (Å²) in [7, 11) is 0. The van der Waals surface area contributed by atoms with Crippen LogP contribution < -0.4 is 11.1 Å². The number of hydrogen-bond donors (Lipinski definition) is 2. The summed E-state index contributed by atoms with van der Waals surface area (Å²) >= 11 is 0. The summed E-state index contributed by atoms with van der Waals surface area (Å²) < 4.78 is 0. The number of rotatable bonds is 5. The van der Waals surface area contributed by atoms with Crippen LogP contribution in [0.5, 0.6) is 0 Å². The maximum absolute atomic E-state index is 12.2. The number of hydrogen-bond acceptors (Lipinski definition) is 3. The van der Waals surface area contributed by atoms with Crippen molar-refractivity contribution in [3.05, 3.63) is 0 Å². The number of carbonyl (C=O) groups excluding carboxylic acids is 2. The Morgan fingerprint density at radius 2 is 1.80 bits per heavy atom. The monoisotopic (exact) mass is 283 g/mol. The Hall–Kier alpha value is -1.10. The summed E-state index contributed by atoms with van der Waals surface area (Å²) in [5, 5.41) is 3.03. The molecule has 0 aromatic heterocycles. The number of nitrogens with two attached hydrogens (primary N) is 1. The molecular weight excluding hydrogens is 254 g/mol. The van der Waals surface area contributed by atoms with Crippen LogP contribution >= 0.6 is 0 Å². The fraction of sp³-hybridized carbons (Fsp3) is 0.867. The Balaban J connectivity index is 2.42. The molecule has 1 aliphatic heterocycles. The van der Waals surface area contributed by atoms with E-state index in [2.05, 4.69) is 5.32 Å². The van der Waals surface area contributed by atoms with Crippen LogP contribution in [0, 0.1) is 11.8 Å². The molecule has 5 nitrogen and oxygen atoms in total. The average molecular weight is 283 g/mol. The van der Waals surface area contributed by atoms with Gasteiger partial charge in [-0.2, -0.15) is 0 Å². The predicted octanol–water partition coefficient (Wildman–Crippen LogP) is 1.12. The molecule has 2 atom stereocenters. The minimum Gasteiger partial charge on any atom is -0.353 e. The highest BCUT2D eigenvalue weighted by Crippen LogP contribution is 2.15. The van der Waals surface area contributed by atoms with Gasteiger partial charge in [-0.05, 0) is 18.8 Å². The first-order valence-electron chi connectivity index (χ1n) is 7.71. The number of carbonyl (C=O) groups is 2. The van der Waals surface area contributed by atoms with Gasteiger partial charge in [0.15, 0.2) is 0 Å². The zero-order valence-electron chi connectivity index (χ0n) is 13.2. The second-order valence-electron chi connectivity index (χ2n) is 6.17. The molecule has 1 heterocycles. The normalized spacial score (nSPS) is 19.8. The Morgan fingerprint density at radius 1 is 1.25 bits per heavy atom. The lowest BCUT2D eigenvalue weighted by molar-refractivity contribution is -0.135. The molecule has 0 aromatic carbocycles. The van der Waals surface area contributed by atoms with Gasteiger partial charge in [0.25, 0.3) is 0 Å². The topological polar surface area (TPSA) is 75.4 Å². The number of piperidine rings is 1. The Labute approximate surface area is 122 Å². The van der Waals surface area contributed by atoms with Gasteiger partial charge in [0.05, 0.1) is 6.04 Å². The van der Waals surface area contributed by atoms with Crippen LogP contribution in [-0.2, 0) is 9.59 Å². The molecule has 116 valence electrons. The fourth-order valence-electron chi connectivity index (χ4n) is 2.32. The molecule has 2 unspecified atom stereocenters. The lowest BCUT2D eigenvalue weighted by atomic mass is 9.97. The second kappa shape index (κ2) is 7.62. The summed E-state index contributed by atoms with van der Waals surface area (Å²) in [6.07, 6.45) is 2.54. The lowest BCUT2D eigenvalue weighted by Crippen LogP contribution is -2.52. The summed E-state index contributed by atoms with van der Waals surface area (Å²) in [5.74, 6) is 0.355. The molecule has 2 amide bonds. The lowest BCUT2D eigenvalue weighted by Gasteiger charge is -2.35. The number of likely N-dealkylation sites (tertiary alicyclic amines) is 1. The molecule has 0 radical (unpaired) electrons. The van der Waals surface area contributed by atoms with Crippen molar-refractivity contribution in [2.75, 3.05) is 13.1 Å². The molecule has 0 spiro atoms. The van der Waals surface area contributed by atoms with Gasteiger partial charge in [0.1, 0.15) is 0 Å². The van der Waals surface area contributed by atoms with Crippen molar-refractivity contribution in [2.45, 2.75) is 59.0 Å². The number of amides is 2. The SMILES string of the molecule is CCC(C)C(N)C(=O)N1CCC(NC(=O)C(C)C)CC1. The predicted molar refractivity (Wildman–Crippen MR) is 80.0 cm³/mol. The van der Waals surface area contributed by atoms with E-state index in [1.807, 2.05) is 32.6 Å². The molecular formula is C15H29N3O2. The van der Waals surface area contributed by atoms with Crippen molar-refractivity contribution in [3.63, 3.8) is 0 Å². The zero-order valence-corrected chi connectivity index (χ0v) is 13.2. The first-order valence-corrected chi connectivity index (χ1v) is 7.71. The van der Waals surface area contributed by atoms with E-state index in [1.165, 1.54) is 0 Å². The third-order valence-corrected chi connectivity index (χ3v) is 4.22. The molecule has 1 aliphatic rings. The van der Waals surface area contributed by atoms with Gasteiger partial charge in [-0.25, -0.2) is 0 Å². The van der Waals surface area contributed by atoms with Gasteiger partial charge >= 0.3 is 0 Å². The minimum absolute atomic E-state index is 0.00786. The first-order chi connectivity index (χ1) is 9.36. The molecule has 20 heavy (non-hydrogen) atoms. The van der Waals surface area contributed by atoms with Gasteiger partial charge in [0, 0.05) is 25.0 Å². The number of nitrogens with zero attached hydrogens (tertiary/aromatic N) is 1. The van der Waals surface area contributed by atoms with E-state index in [1.54, 1.807) is 0 Å². The van der Waals surface area contributed by atoms with Crippen molar-refractivity contribution in [3.8, 4) is 0 Å². The zero-order chi connectivity index (χ0) is 15.3. The Bertz CT molecular complexity index is 336. The number of nitrogens with one attached hydrogen (secondary N) is 1. The minimum atomic E-state index is -0.401. The van der Waals surface area contributed by atoms with Gasteiger partial charge in [-0.1, -0.05) is 34.1 Å². The third kappa shape index (κ3) is 4.47. The Morgan fingerprint density at radius 3 is 2.25 bits per heavy atom. The van der Waals surface area contributed by atoms with Crippen LogP contribution in [0.4, 0.5) is 0 Å². The maximum atomic E-state index is 12.2. The van der Waals surface area contributed by atoms with E-state index in [0.717, 1.165) is 19.3 Å². The quantitative estimate of drug-likeness (QED) is 0.794. The second-order valence-corrected chi connectivity index (χ2v) is 6.17. The van der Waals surface area contributed by atoms with E-state index < -0.39 is 6.04 Å². The smallest absolute Gasteiger partial charge is 0.239 e. The van der Waals surface area contributed by atoms with Crippen molar-refractivity contribution in [1.29, 1.82) is 0 Å². The van der Waals surface area contributed by atoms with Gasteiger partial charge < -0.3 is 16.0 Å². The molecule has 0 aromatic rings. The molecule has 0 aliphatic carbocycles. The van der Waals surface area contributed by atoms with Crippen molar-refractivity contribution in [1.82, 2.24) is 10.2 Å². The van der Waals surface area contributed by atoms with Crippen molar-refractivity contribution < 1.29 is 9.59 Å². The molecule has 5 heteroatoms. The molecule has 3 N–H and O–H groups in total. The van der Waals surface area contributed by atoms with Crippen LogP contribution in [0.1, 0.15) is 47.0 Å². The van der Waals surface area contributed by atoms with E-state index in [9.17, 15) is 9.59 Å². The van der Waals surface area contributed by atoms with Crippen molar-refractivity contribution in [2.24, 2.45) is 17.6 Å². The Kier molecular flexibility index (Phi) is 6.46. The van der Waals surface area contributed by atoms with Crippen LogP contribution in [-0.4, -0.2) is 41.9 Å². The van der Waals surface area contributed by atoms with Crippen LogP contribution in [0.15, 0.2) is 0 Å². The van der Waals surface area contributed by atoms with Gasteiger partial charge in [-0.15, -0.1) is 0 Å². The summed E-state index contributed by atoms with van der Waals surface area (Å²) in [6, 6.07) is -0.212. The average Bonchev–Trinajstić information content (AvgIpc) is 2.45. The van der Waals surface area contributed by atoms with Crippen LogP contribution in [0.2, 0.25) is 0 Å². The fourth-order valence-corrected chi connectivity index (χ4v) is 2.32. The molecule has 0 bridgehead atoms. The molecule has 1 rings (SSSR count). The van der Waals surface area contributed by atoms with Gasteiger partial charge in [-0.3, -0.25) is 9.59 Å². The highest BCUT2D eigenvalue weighted by Gasteiger charge is 2.29. The third-order valence-electron chi connectivity index (χ3n) is 4.22. The highest BCUT2D eigenvalue weighted by atomic mass is 16.2. The van der Waals surface area contributed by atoms with Crippen LogP contribution in [0.3, 0.4) is 0 Å². The van der Waals surface area contributed by atoms with E-state index >= 15 is 0 Å². The standard InChI is InChI=1S/C15H29N3O2/c1-5-11(4)13(16)15(20)18-8-6-12(7-9-18)17-14(19)10(2)3/h10-13H,5-9,16H2,1-4H3,(H,17,19).